The van der Waals surface area contributed by atoms with Gasteiger partial charge in [-0.1, -0.05) is 19.8 Å². The highest BCUT2D eigenvalue weighted by Gasteiger charge is 2.14. The van der Waals surface area contributed by atoms with Crippen LogP contribution in [0.5, 0.6) is 0 Å². The van der Waals surface area contributed by atoms with Gasteiger partial charge in [0.15, 0.2) is 0 Å². The first-order valence-corrected chi connectivity index (χ1v) is 5.64. The van der Waals surface area contributed by atoms with Crippen LogP contribution in [0.15, 0.2) is 0 Å². The van der Waals surface area contributed by atoms with Crippen LogP contribution < -0.4 is 5.32 Å². The summed E-state index contributed by atoms with van der Waals surface area (Å²) in [6, 6.07) is 0. The zero-order chi connectivity index (χ0) is 9.52. The fourth-order valence-corrected chi connectivity index (χ4v) is 2.07. The summed E-state index contributed by atoms with van der Waals surface area (Å²) in [5, 5.41) is 12.2. The van der Waals surface area contributed by atoms with E-state index < -0.39 is 0 Å². The lowest BCUT2D eigenvalue weighted by molar-refractivity contribution is 0.259. The van der Waals surface area contributed by atoms with Crippen molar-refractivity contribution in [1.82, 2.24) is 5.32 Å². The van der Waals surface area contributed by atoms with E-state index in [1.807, 2.05) is 0 Å². The number of hydrogen-bond acceptors (Lipinski definition) is 2. The van der Waals surface area contributed by atoms with Gasteiger partial charge in [0.2, 0.25) is 0 Å². The van der Waals surface area contributed by atoms with Crippen LogP contribution in [-0.4, -0.2) is 24.8 Å². The standard InChI is InChI=1S/C11H23NO/c1-10(6-7-13)8-12-9-11-4-2-3-5-11/h10-13H,2-9H2,1H3. The van der Waals surface area contributed by atoms with E-state index in [4.69, 9.17) is 5.11 Å². The summed E-state index contributed by atoms with van der Waals surface area (Å²) in [6.07, 6.45) is 6.62. The zero-order valence-electron chi connectivity index (χ0n) is 8.76. The molecule has 1 fully saturated rings. The van der Waals surface area contributed by atoms with E-state index in [1.54, 1.807) is 0 Å². The molecule has 1 aliphatic carbocycles. The summed E-state index contributed by atoms with van der Waals surface area (Å²) in [7, 11) is 0. The highest BCUT2D eigenvalue weighted by atomic mass is 16.3. The molecule has 2 N–H and O–H groups in total. The van der Waals surface area contributed by atoms with Crippen molar-refractivity contribution in [3.8, 4) is 0 Å². The molecule has 1 aliphatic rings. The lowest BCUT2D eigenvalue weighted by Gasteiger charge is -2.14. The molecule has 0 aromatic carbocycles. The molecular weight excluding hydrogens is 162 g/mol. The van der Waals surface area contributed by atoms with Gasteiger partial charge in [0, 0.05) is 6.61 Å². The van der Waals surface area contributed by atoms with Gasteiger partial charge in [0.25, 0.3) is 0 Å². The molecule has 13 heavy (non-hydrogen) atoms. The van der Waals surface area contributed by atoms with Gasteiger partial charge in [-0.2, -0.15) is 0 Å². The van der Waals surface area contributed by atoms with Gasteiger partial charge in [-0.05, 0) is 44.2 Å². The molecule has 0 amide bonds. The maximum absolute atomic E-state index is 8.72. The monoisotopic (exact) mass is 185 g/mol. The second-order valence-corrected chi connectivity index (χ2v) is 4.43. The molecule has 1 atom stereocenters. The Morgan fingerprint density at radius 3 is 2.69 bits per heavy atom. The third-order valence-electron chi connectivity index (χ3n) is 3.02. The van der Waals surface area contributed by atoms with Gasteiger partial charge >= 0.3 is 0 Å². The van der Waals surface area contributed by atoms with Crippen molar-refractivity contribution >= 4 is 0 Å². The van der Waals surface area contributed by atoms with Crippen molar-refractivity contribution in [3.05, 3.63) is 0 Å². The van der Waals surface area contributed by atoms with Crippen LogP contribution in [0.3, 0.4) is 0 Å². The Bertz CT molecular complexity index is 121. The van der Waals surface area contributed by atoms with Crippen LogP contribution in [-0.2, 0) is 0 Å². The van der Waals surface area contributed by atoms with E-state index >= 15 is 0 Å². The number of rotatable bonds is 6. The molecule has 1 unspecified atom stereocenters. The molecule has 0 heterocycles. The summed E-state index contributed by atoms with van der Waals surface area (Å²) in [5.41, 5.74) is 0. The van der Waals surface area contributed by atoms with Crippen molar-refractivity contribution in [3.63, 3.8) is 0 Å². The van der Waals surface area contributed by atoms with Crippen LogP contribution in [0.25, 0.3) is 0 Å². The maximum Gasteiger partial charge on any atom is 0.0434 e. The number of aliphatic hydroxyl groups excluding tert-OH is 1. The van der Waals surface area contributed by atoms with E-state index in [-0.39, 0.29) is 0 Å². The fourth-order valence-electron chi connectivity index (χ4n) is 2.07. The Morgan fingerprint density at radius 1 is 1.38 bits per heavy atom. The van der Waals surface area contributed by atoms with Crippen LogP contribution in [0, 0.1) is 11.8 Å². The van der Waals surface area contributed by atoms with E-state index in [1.165, 1.54) is 32.2 Å². The predicted molar refractivity (Wildman–Crippen MR) is 55.7 cm³/mol. The Labute approximate surface area is 81.7 Å². The van der Waals surface area contributed by atoms with Crippen molar-refractivity contribution in [2.75, 3.05) is 19.7 Å². The van der Waals surface area contributed by atoms with Gasteiger partial charge in [0.05, 0.1) is 0 Å². The minimum atomic E-state index is 0.326. The maximum atomic E-state index is 8.72. The molecule has 0 spiro atoms. The van der Waals surface area contributed by atoms with Crippen molar-refractivity contribution < 1.29 is 5.11 Å². The molecule has 0 aromatic heterocycles. The second kappa shape index (κ2) is 6.39. The lowest BCUT2D eigenvalue weighted by Crippen LogP contribution is -2.26. The quantitative estimate of drug-likeness (QED) is 0.661. The Morgan fingerprint density at radius 2 is 2.08 bits per heavy atom. The third-order valence-corrected chi connectivity index (χ3v) is 3.02. The summed E-state index contributed by atoms with van der Waals surface area (Å²) in [4.78, 5) is 0. The topological polar surface area (TPSA) is 32.3 Å². The predicted octanol–water partition coefficient (Wildman–Crippen LogP) is 1.78. The van der Waals surface area contributed by atoms with Crippen LogP contribution in [0.1, 0.15) is 39.0 Å². The molecule has 78 valence electrons. The average molecular weight is 185 g/mol. The first kappa shape index (κ1) is 11.0. The molecule has 0 aromatic rings. The van der Waals surface area contributed by atoms with Gasteiger partial charge in [-0.3, -0.25) is 0 Å². The minimum absolute atomic E-state index is 0.326. The molecule has 1 rings (SSSR count). The average Bonchev–Trinajstić information content (AvgIpc) is 2.57. The number of nitrogens with one attached hydrogen (secondary N) is 1. The van der Waals surface area contributed by atoms with E-state index in [9.17, 15) is 0 Å². The SMILES string of the molecule is CC(CCO)CNCC1CCCC1. The van der Waals surface area contributed by atoms with Crippen molar-refractivity contribution in [1.29, 1.82) is 0 Å². The van der Waals surface area contributed by atoms with Crippen LogP contribution in [0.4, 0.5) is 0 Å². The van der Waals surface area contributed by atoms with E-state index in [0.29, 0.717) is 12.5 Å². The van der Waals surface area contributed by atoms with Crippen LogP contribution >= 0.6 is 0 Å². The zero-order valence-corrected chi connectivity index (χ0v) is 8.76. The molecule has 0 bridgehead atoms. The molecule has 0 aliphatic heterocycles. The molecule has 2 nitrogen and oxygen atoms in total. The summed E-state index contributed by atoms with van der Waals surface area (Å²) in [6.45, 7) is 4.77. The van der Waals surface area contributed by atoms with E-state index in [0.717, 1.165) is 18.9 Å². The van der Waals surface area contributed by atoms with Crippen molar-refractivity contribution in [2.45, 2.75) is 39.0 Å². The van der Waals surface area contributed by atoms with Gasteiger partial charge in [-0.15, -0.1) is 0 Å². The van der Waals surface area contributed by atoms with Gasteiger partial charge in [-0.25, -0.2) is 0 Å². The molecular formula is C11H23NO. The molecule has 1 saturated carbocycles. The third kappa shape index (κ3) is 4.63. The summed E-state index contributed by atoms with van der Waals surface area (Å²) >= 11 is 0. The number of hydrogen-bond donors (Lipinski definition) is 2. The molecule has 0 radical (unpaired) electrons. The first-order chi connectivity index (χ1) is 6.33. The Kier molecular flexibility index (Phi) is 5.40. The van der Waals surface area contributed by atoms with Gasteiger partial charge in [0.1, 0.15) is 0 Å². The smallest absolute Gasteiger partial charge is 0.0434 e. The Balaban J connectivity index is 1.93. The minimum Gasteiger partial charge on any atom is -0.396 e. The second-order valence-electron chi connectivity index (χ2n) is 4.43. The summed E-state index contributed by atoms with van der Waals surface area (Å²) in [5.74, 6) is 1.55. The van der Waals surface area contributed by atoms with Gasteiger partial charge < -0.3 is 10.4 Å². The lowest BCUT2D eigenvalue weighted by atomic mass is 10.1. The highest BCUT2D eigenvalue weighted by Crippen LogP contribution is 2.23. The molecule has 2 heteroatoms. The number of aliphatic hydroxyl groups is 1. The molecule has 0 saturated heterocycles. The Hall–Kier alpha value is -0.0800. The van der Waals surface area contributed by atoms with Crippen molar-refractivity contribution in [2.24, 2.45) is 11.8 Å². The largest absolute Gasteiger partial charge is 0.396 e. The van der Waals surface area contributed by atoms with E-state index in [2.05, 4.69) is 12.2 Å². The fraction of sp³-hybridized carbons (Fsp3) is 1.00. The normalized spacial score (nSPS) is 20.8. The summed E-state index contributed by atoms with van der Waals surface area (Å²) < 4.78 is 0. The van der Waals surface area contributed by atoms with Crippen LogP contribution in [0.2, 0.25) is 0 Å². The highest BCUT2D eigenvalue weighted by molar-refractivity contribution is 4.70. The first-order valence-electron chi connectivity index (χ1n) is 5.64.